The second kappa shape index (κ2) is 15.3. The third-order valence-corrected chi connectivity index (χ3v) is 11.5. The number of hydrogen-bond acceptors (Lipinski definition) is 4. The molecule has 252 valence electrons. The number of nitrogens with one attached hydrogen (secondary N) is 1. The van der Waals surface area contributed by atoms with Crippen molar-refractivity contribution in [2.75, 3.05) is 18.4 Å². The van der Waals surface area contributed by atoms with Gasteiger partial charge in [-0.1, -0.05) is 58.4 Å². The minimum atomic E-state index is -1.01. The lowest BCUT2D eigenvalue weighted by Gasteiger charge is -2.54. The van der Waals surface area contributed by atoms with Crippen LogP contribution in [-0.4, -0.2) is 52.3 Å². The van der Waals surface area contributed by atoms with Crippen LogP contribution in [0.1, 0.15) is 125 Å². The van der Waals surface area contributed by atoms with E-state index < -0.39 is 12.3 Å². The van der Waals surface area contributed by atoms with Gasteiger partial charge in [0.15, 0.2) is 0 Å². The minimum Gasteiger partial charge on any atom is -0.508 e. The van der Waals surface area contributed by atoms with Crippen LogP contribution in [-0.2, 0) is 11.2 Å². The van der Waals surface area contributed by atoms with E-state index in [-0.39, 0.29) is 46.7 Å². The summed E-state index contributed by atoms with van der Waals surface area (Å²) in [6, 6.07) is 12.6. The Bertz CT molecular complexity index is 1330. The number of halogens is 1. The molecule has 3 aliphatic carbocycles. The number of carbonyl (C=O) groups is 2. The molecule has 2 saturated carbocycles. The molecule has 0 aromatic heterocycles. The quantitative estimate of drug-likeness (QED) is 0.182. The van der Waals surface area contributed by atoms with Crippen LogP contribution in [0.4, 0.5) is 10.1 Å². The van der Waals surface area contributed by atoms with Gasteiger partial charge < -0.3 is 20.4 Å². The van der Waals surface area contributed by atoms with Gasteiger partial charge in [-0.15, -0.1) is 0 Å². The zero-order valence-corrected chi connectivity index (χ0v) is 28.1. The van der Waals surface area contributed by atoms with Gasteiger partial charge in [0.1, 0.15) is 11.9 Å². The summed E-state index contributed by atoms with van der Waals surface area (Å²) in [6.07, 6.45) is 11.2. The van der Waals surface area contributed by atoms with Gasteiger partial charge in [-0.3, -0.25) is 9.59 Å². The summed E-state index contributed by atoms with van der Waals surface area (Å²) in [6.45, 7) is 7.19. The van der Waals surface area contributed by atoms with Gasteiger partial charge in [0.25, 0.3) is 5.91 Å². The Kier molecular flexibility index (Phi) is 11.5. The Hall–Kier alpha value is -2.93. The largest absolute Gasteiger partial charge is 0.508 e. The maximum absolute atomic E-state index is 16.1. The van der Waals surface area contributed by atoms with Crippen molar-refractivity contribution in [2.24, 2.45) is 23.2 Å². The van der Waals surface area contributed by atoms with Crippen LogP contribution in [0.3, 0.4) is 0 Å². The Morgan fingerprint density at radius 3 is 2.39 bits per heavy atom. The van der Waals surface area contributed by atoms with Crippen molar-refractivity contribution >= 4 is 17.5 Å². The number of aromatic hydroxyl groups is 1. The first-order valence-corrected chi connectivity index (χ1v) is 17.9. The molecule has 2 fully saturated rings. The summed E-state index contributed by atoms with van der Waals surface area (Å²) in [4.78, 5) is 27.1. The molecule has 2 amide bonds. The normalized spacial score (nSPS) is 28.2. The molecule has 0 radical (unpaired) electrons. The first-order chi connectivity index (χ1) is 22.1. The molecule has 0 saturated heterocycles. The van der Waals surface area contributed by atoms with Crippen molar-refractivity contribution in [3.05, 3.63) is 59.2 Å². The lowest BCUT2D eigenvalue weighted by Crippen LogP contribution is -2.51. The molecule has 2 aromatic carbocycles. The third kappa shape index (κ3) is 7.61. The smallest absolute Gasteiger partial charge is 0.253 e. The fourth-order valence-electron chi connectivity index (χ4n) is 9.22. The number of aliphatic hydroxyl groups is 1. The Labute approximate surface area is 275 Å². The molecule has 2 aromatic rings. The molecule has 0 aliphatic heterocycles. The molecule has 46 heavy (non-hydrogen) atoms. The number of rotatable bonds is 14. The maximum atomic E-state index is 16.1. The van der Waals surface area contributed by atoms with E-state index in [1.54, 1.807) is 30.3 Å². The minimum absolute atomic E-state index is 0.0216. The highest BCUT2D eigenvalue weighted by Gasteiger charge is 2.59. The van der Waals surface area contributed by atoms with E-state index in [1.165, 1.54) is 32.6 Å². The molecule has 0 heterocycles. The highest BCUT2D eigenvalue weighted by molar-refractivity contribution is 5.95. The SMILES string of the molecule is CCCCCCCCN(CCCC[C@@H]1Cc2cc(O)ccc2C2C1C1CC[C@H](O)[C@@]1(C)C[C@@H]2F)C(=O)c1ccc(NC(C)=O)cc1. The van der Waals surface area contributed by atoms with Crippen molar-refractivity contribution in [3.8, 4) is 5.75 Å². The lowest BCUT2D eigenvalue weighted by molar-refractivity contribution is -0.114. The number of amides is 2. The molecule has 7 atom stereocenters. The van der Waals surface area contributed by atoms with Gasteiger partial charge in [0.05, 0.1) is 6.10 Å². The first kappa shape index (κ1) is 34.4. The summed E-state index contributed by atoms with van der Waals surface area (Å²) < 4.78 is 16.1. The van der Waals surface area contributed by atoms with Crippen LogP contribution < -0.4 is 5.32 Å². The van der Waals surface area contributed by atoms with E-state index in [1.807, 2.05) is 17.0 Å². The fourth-order valence-corrected chi connectivity index (χ4v) is 9.22. The average molecular weight is 635 g/mol. The van der Waals surface area contributed by atoms with E-state index in [2.05, 4.69) is 19.2 Å². The number of alkyl halides is 1. The van der Waals surface area contributed by atoms with Crippen molar-refractivity contribution in [2.45, 2.75) is 122 Å². The van der Waals surface area contributed by atoms with E-state index in [9.17, 15) is 19.8 Å². The number of aliphatic hydroxyl groups excluding tert-OH is 1. The molecule has 3 N–H and O–H groups in total. The second-order valence-electron chi connectivity index (χ2n) is 14.7. The Morgan fingerprint density at radius 1 is 0.978 bits per heavy atom. The Morgan fingerprint density at radius 2 is 1.67 bits per heavy atom. The molecule has 0 spiro atoms. The zero-order chi connectivity index (χ0) is 32.8. The van der Waals surface area contributed by atoms with E-state index in [0.29, 0.717) is 24.2 Å². The molecule has 6 nitrogen and oxygen atoms in total. The highest BCUT2D eigenvalue weighted by Crippen LogP contribution is 2.63. The number of phenolic OH excluding ortho intramolecular Hbond substituents is 1. The molecular weight excluding hydrogens is 579 g/mol. The zero-order valence-electron chi connectivity index (χ0n) is 28.1. The average Bonchev–Trinajstić information content (AvgIpc) is 3.32. The van der Waals surface area contributed by atoms with Crippen LogP contribution in [0.5, 0.6) is 5.75 Å². The van der Waals surface area contributed by atoms with Crippen molar-refractivity contribution < 1.29 is 24.2 Å². The number of anilines is 1. The van der Waals surface area contributed by atoms with Crippen LogP contribution in [0.2, 0.25) is 0 Å². The number of fused-ring (bicyclic) bond motifs is 5. The highest BCUT2D eigenvalue weighted by atomic mass is 19.1. The van der Waals surface area contributed by atoms with Gasteiger partial charge in [-0.25, -0.2) is 4.39 Å². The van der Waals surface area contributed by atoms with Crippen molar-refractivity contribution in [3.63, 3.8) is 0 Å². The van der Waals surface area contributed by atoms with Gasteiger partial charge in [0.2, 0.25) is 5.91 Å². The summed E-state index contributed by atoms with van der Waals surface area (Å²) in [5, 5.41) is 24.0. The monoisotopic (exact) mass is 634 g/mol. The third-order valence-electron chi connectivity index (χ3n) is 11.5. The fraction of sp³-hybridized carbons (Fsp3) is 0.641. The first-order valence-electron chi connectivity index (χ1n) is 17.9. The number of hydrogen-bond donors (Lipinski definition) is 3. The summed E-state index contributed by atoms with van der Waals surface area (Å²) >= 11 is 0. The Balaban J connectivity index is 1.26. The van der Waals surface area contributed by atoms with Gasteiger partial charge in [0, 0.05) is 37.2 Å². The molecule has 0 bridgehead atoms. The van der Waals surface area contributed by atoms with E-state index in [4.69, 9.17) is 0 Å². The van der Waals surface area contributed by atoms with Crippen LogP contribution in [0, 0.1) is 23.2 Å². The molecular formula is C39H55FN2O4. The van der Waals surface area contributed by atoms with E-state index >= 15 is 4.39 Å². The molecule has 3 aliphatic rings. The molecule has 7 heteroatoms. The second-order valence-corrected chi connectivity index (χ2v) is 14.7. The number of carbonyl (C=O) groups excluding carboxylic acids is 2. The standard InChI is InChI=1S/C39H55FN2O4/c1-4-5-6-7-8-10-21-42(38(46)27-13-15-30(16-14-27)41-26(2)43)22-11-9-12-28-23-29-24-31(44)17-18-32(29)37-34(40)25-39(3)33(36(28)37)19-20-35(39)45/h13-18,24,28,33-37,44-45H,4-12,19-23,25H2,1-3H3,(H,41,43)/t28-,33?,34+,35+,36?,37?,39+/m1/s1. The van der Waals surface area contributed by atoms with E-state index in [0.717, 1.165) is 69.0 Å². The van der Waals surface area contributed by atoms with Crippen LogP contribution >= 0.6 is 0 Å². The molecule has 5 rings (SSSR count). The number of benzene rings is 2. The topological polar surface area (TPSA) is 89.9 Å². The summed E-state index contributed by atoms with van der Waals surface area (Å²) in [7, 11) is 0. The van der Waals surface area contributed by atoms with Gasteiger partial charge in [-0.05, 0) is 116 Å². The van der Waals surface area contributed by atoms with Crippen molar-refractivity contribution in [1.82, 2.24) is 4.90 Å². The molecule has 3 unspecified atom stereocenters. The summed E-state index contributed by atoms with van der Waals surface area (Å²) in [5.41, 5.74) is 3.04. The predicted octanol–water partition coefficient (Wildman–Crippen LogP) is 8.41. The van der Waals surface area contributed by atoms with Crippen LogP contribution in [0.15, 0.2) is 42.5 Å². The number of unbranched alkanes of at least 4 members (excludes halogenated alkanes) is 6. The number of nitrogens with zero attached hydrogens (tertiary/aromatic N) is 1. The predicted molar refractivity (Wildman–Crippen MR) is 182 cm³/mol. The van der Waals surface area contributed by atoms with Crippen molar-refractivity contribution in [1.29, 1.82) is 0 Å². The summed E-state index contributed by atoms with van der Waals surface area (Å²) in [5.74, 6) is 0.659. The van der Waals surface area contributed by atoms with Gasteiger partial charge in [-0.2, -0.15) is 0 Å². The maximum Gasteiger partial charge on any atom is 0.253 e. The van der Waals surface area contributed by atoms with Gasteiger partial charge >= 0.3 is 0 Å². The van der Waals surface area contributed by atoms with Crippen LogP contribution in [0.25, 0.3) is 0 Å². The number of phenols is 1. The lowest BCUT2D eigenvalue weighted by atomic mass is 9.51.